The molecule has 0 unspecified atom stereocenters. The predicted octanol–water partition coefficient (Wildman–Crippen LogP) is 3.60. The molecule has 0 aromatic carbocycles. The Labute approximate surface area is 146 Å². The average Bonchev–Trinajstić information content (AvgIpc) is 3.22. The number of anilines is 1. The molecule has 0 spiro atoms. The molecule has 2 heterocycles. The Balaban J connectivity index is 1.71. The molecule has 3 rings (SSSR count). The van der Waals surface area contributed by atoms with Gasteiger partial charge in [-0.3, -0.25) is 4.79 Å². The summed E-state index contributed by atoms with van der Waals surface area (Å²) >= 11 is 4.40. The molecule has 0 atom stereocenters. The van der Waals surface area contributed by atoms with E-state index < -0.39 is 0 Å². The molecule has 0 saturated heterocycles. The molecule has 1 aliphatic carbocycles. The van der Waals surface area contributed by atoms with Gasteiger partial charge in [0.2, 0.25) is 5.91 Å². The topological polar surface area (TPSA) is 68.3 Å². The Kier molecular flexibility index (Phi) is 5.34. The lowest BCUT2D eigenvalue weighted by atomic mass is 10.1. The number of amides is 1. The molecular formula is C15H16N2O3S3. The molecule has 5 nitrogen and oxygen atoms in total. The number of hydrogen-bond acceptors (Lipinski definition) is 7. The van der Waals surface area contributed by atoms with Crippen LogP contribution in [0.15, 0.2) is 15.9 Å². The number of ether oxygens (including phenoxy) is 1. The molecule has 1 N–H and O–H groups in total. The Morgan fingerprint density at radius 3 is 3.04 bits per heavy atom. The lowest BCUT2D eigenvalue weighted by molar-refractivity contribution is -0.113. The van der Waals surface area contributed by atoms with Gasteiger partial charge in [-0.2, -0.15) is 0 Å². The number of rotatable bonds is 6. The van der Waals surface area contributed by atoms with E-state index in [-0.39, 0.29) is 17.6 Å². The number of aryl methyl sites for hydroxylation is 1. The summed E-state index contributed by atoms with van der Waals surface area (Å²) in [5, 5.41) is 5.38. The number of thiazole rings is 1. The third-order valence-corrected chi connectivity index (χ3v) is 6.56. The maximum absolute atomic E-state index is 12.2. The second-order valence-electron chi connectivity index (χ2n) is 4.92. The van der Waals surface area contributed by atoms with Crippen molar-refractivity contribution in [2.45, 2.75) is 30.5 Å². The first-order valence-corrected chi connectivity index (χ1v) is 10.0. The zero-order valence-corrected chi connectivity index (χ0v) is 15.0. The van der Waals surface area contributed by atoms with Crippen LogP contribution in [0.25, 0.3) is 0 Å². The van der Waals surface area contributed by atoms with Crippen LogP contribution in [0.5, 0.6) is 0 Å². The number of aromatic nitrogens is 1. The maximum Gasteiger partial charge on any atom is 0.341 e. The van der Waals surface area contributed by atoms with Crippen LogP contribution in [-0.2, 0) is 22.4 Å². The summed E-state index contributed by atoms with van der Waals surface area (Å²) in [4.78, 5) is 29.7. The van der Waals surface area contributed by atoms with Crippen LogP contribution < -0.4 is 5.32 Å². The SMILES string of the molecule is CCOC(=O)c1c(NC(=O)CSc2nccs2)sc2c1CCC2. The number of hydrogen-bond donors (Lipinski definition) is 1. The molecule has 0 fully saturated rings. The van der Waals surface area contributed by atoms with Gasteiger partial charge in [0.25, 0.3) is 0 Å². The molecular weight excluding hydrogens is 352 g/mol. The van der Waals surface area contributed by atoms with E-state index in [1.807, 2.05) is 5.38 Å². The van der Waals surface area contributed by atoms with Gasteiger partial charge in [-0.1, -0.05) is 11.8 Å². The maximum atomic E-state index is 12.2. The Morgan fingerprint density at radius 2 is 2.30 bits per heavy atom. The second-order valence-corrected chi connectivity index (χ2v) is 8.14. The van der Waals surface area contributed by atoms with Gasteiger partial charge in [0.15, 0.2) is 0 Å². The van der Waals surface area contributed by atoms with Gasteiger partial charge in [-0.25, -0.2) is 9.78 Å². The molecule has 23 heavy (non-hydrogen) atoms. The summed E-state index contributed by atoms with van der Waals surface area (Å²) in [6, 6.07) is 0. The summed E-state index contributed by atoms with van der Waals surface area (Å²) in [5.41, 5.74) is 1.60. The van der Waals surface area contributed by atoms with Gasteiger partial charge in [0, 0.05) is 16.5 Å². The van der Waals surface area contributed by atoms with Gasteiger partial charge < -0.3 is 10.1 Å². The van der Waals surface area contributed by atoms with Gasteiger partial charge >= 0.3 is 5.97 Å². The van der Waals surface area contributed by atoms with Crippen LogP contribution in [0, 0.1) is 0 Å². The van der Waals surface area contributed by atoms with Crippen LogP contribution in [0.3, 0.4) is 0 Å². The van der Waals surface area contributed by atoms with Crippen molar-refractivity contribution in [2.24, 2.45) is 0 Å². The Hall–Kier alpha value is -1.38. The van der Waals surface area contributed by atoms with Crippen molar-refractivity contribution in [2.75, 3.05) is 17.7 Å². The minimum absolute atomic E-state index is 0.129. The van der Waals surface area contributed by atoms with Crippen molar-refractivity contribution >= 4 is 51.3 Å². The first-order chi connectivity index (χ1) is 11.2. The Bertz CT molecular complexity index is 710. The molecule has 0 aliphatic heterocycles. The fraction of sp³-hybridized carbons (Fsp3) is 0.400. The van der Waals surface area contributed by atoms with E-state index in [1.54, 1.807) is 13.1 Å². The van der Waals surface area contributed by atoms with Crippen molar-refractivity contribution in [1.82, 2.24) is 4.98 Å². The van der Waals surface area contributed by atoms with Gasteiger partial charge in [0.05, 0.1) is 17.9 Å². The fourth-order valence-electron chi connectivity index (χ4n) is 2.48. The fourth-order valence-corrected chi connectivity index (χ4v) is 5.21. The smallest absolute Gasteiger partial charge is 0.341 e. The van der Waals surface area contributed by atoms with Crippen LogP contribution in [-0.4, -0.2) is 29.2 Å². The average molecular weight is 369 g/mol. The summed E-state index contributed by atoms with van der Waals surface area (Å²) < 4.78 is 6.02. The highest BCUT2D eigenvalue weighted by Gasteiger charge is 2.28. The standard InChI is InChI=1S/C15H16N2O3S3/c1-2-20-14(19)12-9-4-3-5-10(9)23-13(12)17-11(18)8-22-15-16-6-7-21-15/h6-7H,2-5,8H2,1H3,(H,17,18). The predicted molar refractivity (Wildman–Crippen MR) is 93.8 cm³/mol. The van der Waals surface area contributed by atoms with E-state index in [1.165, 1.54) is 39.3 Å². The van der Waals surface area contributed by atoms with Crippen LogP contribution >= 0.6 is 34.4 Å². The highest BCUT2D eigenvalue weighted by atomic mass is 32.2. The van der Waals surface area contributed by atoms with Crippen molar-refractivity contribution in [3.8, 4) is 0 Å². The van der Waals surface area contributed by atoms with Crippen LogP contribution in [0.2, 0.25) is 0 Å². The number of thiophene rings is 1. The normalized spacial score (nSPS) is 12.9. The third kappa shape index (κ3) is 3.76. The Morgan fingerprint density at radius 1 is 1.43 bits per heavy atom. The summed E-state index contributed by atoms with van der Waals surface area (Å²) in [6.45, 7) is 2.12. The number of thioether (sulfide) groups is 1. The molecule has 1 aliphatic rings. The first kappa shape index (κ1) is 16.5. The minimum atomic E-state index is -0.338. The zero-order chi connectivity index (χ0) is 16.2. The lowest BCUT2D eigenvalue weighted by Crippen LogP contribution is -2.16. The monoisotopic (exact) mass is 368 g/mol. The van der Waals surface area contributed by atoms with E-state index in [0.717, 1.165) is 29.2 Å². The molecule has 2 aromatic heterocycles. The number of nitrogens with one attached hydrogen (secondary N) is 1. The number of nitrogens with zero attached hydrogens (tertiary/aromatic N) is 1. The van der Waals surface area contributed by atoms with Gasteiger partial charge in [0.1, 0.15) is 9.34 Å². The molecule has 2 aromatic rings. The lowest BCUT2D eigenvalue weighted by Gasteiger charge is -2.07. The van der Waals surface area contributed by atoms with E-state index in [4.69, 9.17) is 4.74 Å². The molecule has 8 heteroatoms. The summed E-state index contributed by atoms with van der Waals surface area (Å²) in [6.07, 6.45) is 4.62. The highest BCUT2D eigenvalue weighted by Crippen LogP contribution is 2.39. The highest BCUT2D eigenvalue weighted by molar-refractivity contribution is 8.01. The second kappa shape index (κ2) is 7.46. The molecule has 1 amide bonds. The van der Waals surface area contributed by atoms with Gasteiger partial charge in [-0.05, 0) is 31.7 Å². The van der Waals surface area contributed by atoms with E-state index in [9.17, 15) is 9.59 Å². The quantitative estimate of drug-likeness (QED) is 0.623. The molecule has 0 radical (unpaired) electrons. The van der Waals surface area contributed by atoms with E-state index in [0.29, 0.717) is 17.2 Å². The summed E-state index contributed by atoms with van der Waals surface area (Å²) in [5.74, 6) is -0.191. The van der Waals surface area contributed by atoms with Crippen molar-refractivity contribution < 1.29 is 14.3 Å². The molecule has 0 bridgehead atoms. The minimum Gasteiger partial charge on any atom is -0.462 e. The van der Waals surface area contributed by atoms with Gasteiger partial charge in [-0.15, -0.1) is 22.7 Å². The molecule has 0 saturated carbocycles. The largest absolute Gasteiger partial charge is 0.462 e. The number of esters is 1. The summed E-state index contributed by atoms with van der Waals surface area (Å²) in [7, 11) is 0. The number of carbonyl (C=O) groups is 2. The number of carbonyl (C=O) groups excluding carboxylic acids is 2. The van der Waals surface area contributed by atoms with Crippen molar-refractivity contribution in [3.05, 3.63) is 27.6 Å². The van der Waals surface area contributed by atoms with Crippen LogP contribution in [0.1, 0.15) is 34.1 Å². The first-order valence-electron chi connectivity index (χ1n) is 7.32. The van der Waals surface area contributed by atoms with Crippen molar-refractivity contribution in [3.63, 3.8) is 0 Å². The third-order valence-electron chi connectivity index (χ3n) is 3.39. The van der Waals surface area contributed by atoms with Crippen LogP contribution in [0.4, 0.5) is 5.00 Å². The molecule has 122 valence electrons. The van der Waals surface area contributed by atoms with Crippen molar-refractivity contribution in [1.29, 1.82) is 0 Å². The van der Waals surface area contributed by atoms with E-state index >= 15 is 0 Å². The number of fused-ring (bicyclic) bond motifs is 1. The zero-order valence-electron chi connectivity index (χ0n) is 12.6. The van der Waals surface area contributed by atoms with E-state index in [2.05, 4.69) is 10.3 Å².